The lowest BCUT2D eigenvalue weighted by atomic mass is 9.79. The molecule has 0 spiro atoms. The van der Waals surface area contributed by atoms with Crippen molar-refractivity contribution in [1.82, 2.24) is 0 Å². The van der Waals surface area contributed by atoms with Crippen molar-refractivity contribution in [3.8, 4) is 0 Å². The number of thioether (sulfide) groups is 1. The highest BCUT2D eigenvalue weighted by Crippen LogP contribution is 2.39. The molecule has 0 N–H and O–H groups in total. The fourth-order valence-electron chi connectivity index (χ4n) is 3.54. The zero-order valence-electron chi connectivity index (χ0n) is 14.0. The van der Waals surface area contributed by atoms with Crippen molar-refractivity contribution in [3.05, 3.63) is 46.9 Å². The first kappa shape index (κ1) is 15.9. The lowest BCUT2D eigenvalue weighted by Gasteiger charge is -2.30. The van der Waals surface area contributed by atoms with E-state index in [1.54, 1.807) is 10.6 Å². The fraction of sp³-hybridized carbons (Fsp3) is 0.550. The number of hydrogen-bond donors (Lipinski definition) is 0. The molecule has 1 aliphatic carbocycles. The molecule has 0 saturated carbocycles. The highest BCUT2D eigenvalue weighted by molar-refractivity contribution is 8.02. The van der Waals surface area contributed by atoms with Crippen molar-refractivity contribution < 1.29 is 4.58 Å². The maximum atomic E-state index is 2.65. The zero-order valence-corrected chi connectivity index (χ0v) is 14.8. The van der Waals surface area contributed by atoms with Crippen LogP contribution in [0.5, 0.6) is 0 Å². The number of rotatable bonds is 3. The maximum absolute atomic E-state index is 2.65. The summed E-state index contributed by atoms with van der Waals surface area (Å²) in [5, 5.41) is 0. The SMILES string of the molecule is CC1(C)CC(SCc2ccccc2)=CC(=[N+]2CCCCC2)C1. The van der Waals surface area contributed by atoms with E-state index < -0.39 is 0 Å². The number of hydrogen-bond acceptors (Lipinski definition) is 1. The molecular formula is C20H28NS+. The summed E-state index contributed by atoms with van der Waals surface area (Å²) in [5.74, 6) is 1.09. The standard InChI is InChI=1S/C20H28NS/c1-20(2)14-18(21-11-7-4-8-12-21)13-19(15-20)22-16-17-9-5-3-6-10-17/h3,5-6,9-10,13H,4,7-8,11-12,14-16H2,1-2H3/q+1. The normalized spacial score (nSPS) is 21.6. The number of allylic oxidation sites excluding steroid dienone is 2. The van der Waals surface area contributed by atoms with Crippen LogP contribution in [0.15, 0.2) is 41.3 Å². The fourth-order valence-corrected chi connectivity index (χ4v) is 4.80. The smallest absolute Gasteiger partial charge is 0.177 e. The van der Waals surface area contributed by atoms with Crippen LogP contribution in [-0.4, -0.2) is 23.4 Å². The van der Waals surface area contributed by atoms with E-state index in [0.717, 1.165) is 5.75 Å². The Labute approximate surface area is 139 Å². The Morgan fingerprint density at radius 3 is 2.45 bits per heavy atom. The van der Waals surface area contributed by atoms with Crippen molar-refractivity contribution >= 4 is 17.5 Å². The Morgan fingerprint density at radius 2 is 1.73 bits per heavy atom. The van der Waals surface area contributed by atoms with Crippen LogP contribution in [-0.2, 0) is 5.75 Å². The Bertz CT molecular complexity index is 561. The quantitative estimate of drug-likeness (QED) is 0.688. The van der Waals surface area contributed by atoms with Gasteiger partial charge in [0, 0.05) is 31.1 Å². The van der Waals surface area contributed by atoms with Crippen LogP contribution in [0.1, 0.15) is 51.5 Å². The van der Waals surface area contributed by atoms with Crippen molar-refractivity contribution in [2.45, 2.75) is 51.7 Å². The topological polar surface area (TPSA) is 3.01 Å². The van der Waals surface area contributed by atoms with Crippen molar-refractivity contribution in [1.29, 1.82) is 0 Å². The molecule has 0 unspecified atom stereocenters. The molecule has 1 fully saturated rings. The molecule has 0 bridgehead atoms. The van der Waals surface area contributed by atoms with Crippen LogP contribution >= 0.6 is 11.8 Å². The summed E-state index contributed by atoms with van der Waals surface area (Å²) in [6.07, 6.45) is 9.11. The summed E-state index contributed by atoms with van der Waals surface area (Å²) in [5.41, 5.74) is 3.42. The second-order valence-electron chi connectivity index (χ2n) is 7.44. The number of piperidine rings is 1. The Hall–Kier alpha value is -1.02. The molecule has 1 saturated heterocycles. The monoisotopic (exact) mass is 314 g/mol. The van der Waals surface area contributed by atoms with E-state index in [2.05, 4.69) is 54.8 Å². The third kappa shape index (κ3) is 4.25. The third-order valence-electron chi connectivity index (χ3n) is 4.67. The molecule has 1 heterocycles. The Kier molecular flexibility index (Phi) is 5.07. The van der Waals surface area contributed by atoms with Gasteiger partial charge in [0.2, 0.25) is 0 Å². The molecule has 1 aromatic rings. The van der Waals surface area contributed by atoms with Crippen molar-refractivity contribution in [2.75, 3.05) is 13.1 Å². The molecule has 118 valence electrons. The van der Waals surface area contributed by atoms with Gasteiger partial charge in [0.25, 0.3) is 0 Å². The predicted molar refractivity (Wildman–Crippen MR) is 97.7 cm³/mol. The van der Waals surface area contributed by atoms with E-state index in [-0.39, 0.29) is 0 Å². The van der Waals surface area contributed by atoms with Crippen LogP contribution in [0.4, 0.5) is 0 Å². The molecule has 2 aliphatic rings. The summed E-state index contributed by atoms with van der Waals surface area (Å²) in [4.78, 5) is 1.57. The van der Waals surface area contributed by atoms with Gasteiger partial charge in [0.05, 0.1) is 0 Å². The van der Waals surface area contributed by atoms with Gasteiger partial charge in [-0.1, -0.05) is 44.2 Å². The van der Waals surface area contributed by atoms with E-state index in [1.165, 1.54) is 50.8 Å². The van der Waals surface area contributed by atoms with E-state index in [0.29, 0.717) is 5.41 Å². The summed E-state index contributed by atoms with van der Waals surface area (Å²) in [6.45, 7) is 7.37. The maximum Gasteiger partial charge on any atom is 0.177 e. The van der Waals surface area contributed by atoms with E-state index in [9.17, 15) is 0 Å². The van der Waals surface area contributed by atoms with Gasteiger partial charge in [0.15, 0.2) is 5.71 Å². The molecule has 1 aliphatic heterocycles. The summed E-state index contributed by atoms with van der Waals surface area (Å²) in [7, 11) is 0. The molecule has 1 aromatic carbocycles. The highest BCUT2D eigenvalue weighted by atomic mass is 32.2. The molecule has 2 heteroatoms. The second kappa shape index (κ2) is 7.04. The average Bonchev–Trinajstić information content (AvgIpc) is 2.53. The lowest BCUT2D eigenvalue weighted by molar-refractivity contribution is -0.538. The molecular weight excluding hydrogens is 286 g/mol. The second-order valence-corrected chi connectivity index (χ2v) is 8.54. The van der Waals surface area contributed by atoms with Crippen molar-refractivity contribution in [3.63, 3.8) is 0 Å². The first-order valence-electron chi connectivity index (χ1n) is 8.60. The van der Waals surface area contributed by atoms with Crippen LogP contribution < -0.4 is 0 Å². The molecule has 0 aromatic heterocycles. The highest BCUT2D eigenvalue weighted by Gasteiger charge is 2.31. The Balaban J connectivity index is 1.75. The van der Waals surface area contributed by atoms with Gasteiger partial charge in [-0.3, -0.25) is 0 Å². The Morgan fingerprint density at radius 1 is 1.00 bits per heavy atom. The van der Waals surface area contributed by atoms with Crippen LogP contribution in [0.25, 0.3) is 0 Å². The summed E-state index contributed by atoms with van der Waals surface area (Å²) in [6, 6.07) is 10.8. The first-order chi connectivity index (χ1) is 10.6. The molecule has 0 radical (unpaired) electrons. The largest absolute Gasteiger partial charge is 0.233 e. The van der Waals surface area contributed by atoms with Gasteiger partial charge in [0.1, 0.15) is 13.1 Å². The minimum atomic E-state index is 0.403. The number of nitrogens with zero attached hydrogens (tertiary/aromatic N) is 1. The average molecular weight is 315 g/mol. The molecule has 22 heavy (non-hydrogen) atoms. The molecule has 0 atom stereocenters. The van der Waals surface area contributed by atoms with Gasteiger partial charge >= 0.3 is 0 Å². The van der Waals surface area contributed by atoms with E-state index >= 15 is 0 Å². The molecule has 0 amide bonds. The van der Waals surface area contributed by atoms with Crippen LogP contribution in [0.3, 0.4) is 0 Å². The first-order valence-corrected chi connectivity index (χ1v) is 9.59. The predicted octanol–water partition coefficient (Wildman–Crippen LogP) is 5.26. The number of benzene rings is 1. The van der Waals surface area contributed by atoms with Crippen LogP contribution in [0.2, 0.25) is 0 Å². The van der Waals surface area contributed by atoms with Gasteiger partial charge in [-0.2, -0.15) is 0 Å². The third-order valence-corrected chi connectivity index (χ3v) is 5.78. The van der Waals surface area contributed by atoms with Crippen LogP contribution in [0, 0.1) is 5.41 Å². The summed E-state index contributed by atoms with van der Waals surface area (Å²) >= 11 is 2.03. The van der Waals surface area contributed by atoms with E-state index in [4.69, 9.17) is 0 Å². The van der Waals surface area contributed by atoms with Gasteiger partial charge in [-0.15, -0.1) is 11.8 Å². The van der Waals surface area contributed by atoms with Gasteiger partial charge in [-0.05, 0) is 28.7 Å². The van der Waals surface area contributed by atoms with Gasteiger partial charge < -0.3 is 0 Å². The lowest BCUT2D eigenvalue weighted by Crippen LogP contribution is -2.32. The molecule has 3 rings (SSSR count). The molecule has 1 nitrogen and oxygen atoms in total. The minimum absolute atomic E-state index is 0.403. The summed E-state index contributed by atoms with van der Waals surface area (Å²) < 4.78 is 2.65. The van der Waals surface area contributed by atoms with E-state index in [1.807, 2.05) is 11.8 Å². The zero-order chi connectivity index (χ0) is 15.4. The van der Waals surface area contributed by atoms with Gasteiger partial charge in [-0.25, -0.2) is 4.58 Å². The van der Waals surface area contributed by atoms with Crippen molar-refractivity contribution in [2.24, 2.45) is 5.41 Å². The minimum Gasteiger partial charge on any atom is -0.233 e.